The predicted octanol–water partition coefficient (Wildman–Crippen LogP) is 0.983. The predicted molar refractivity (Wildman–Crippen MR) is 82.9 cm³/mol. The Hall–Kier alpha value is -0.490. The molecule has 23 heavy (non-hydrogen) atoms. The van der Waals surface area contributed by atoms with Crippen molar-refractivity contribution >= 4 is 5.78 Å². The Morgan fingerprint density at radius 2 is 2.17 bits per heavy atom. The zero-order valence-electron chi connectivity index (χ0n) is 14.0. The first-order valence-electron chi connectivity index (χ1n) is 9.16. The summed E-state index contributed by atoms with van der Waals surface area (Å²) < 4.78 is 12.1. The largest absolute Gasteiger partial charge is 0.388 e. The summed E-state index contributed by atoms with van der Waals surface area (Å²) in [6, 6.07) is 0.176. The van der Waals surface area contributed by atoms with Crippen molar-refractivity contribution in [3.8, 4) is 0 Å². The van der Waals surface area contributed by atoms with Gasteiger partial charge >= 0.3 is 0 Å². The van der Waals surface area contributed by atoms with Crippen LogP contribution in [0.15, 0.2) is 0 Å². The van der Waals surface area contributed by atoms with E-state index in [1.54, 1.807) is 7.11 Å². The summed E-state index contributed by atoms with van der Waals surface area (Å²) in [4.78, 5) is 15.1. The molecule has 3 aliphatic carbocycles. The summed E-state index contributed by atoms with van der Waals surface area (Å²) >= 11 is 0. The second kappa shape index (κ2) is 4.57. The van der Waals surface area contributed by atoms with Gasteiger partial charge in [0.15, 0.2) is 5.78 Å². The molecule has 0 aromatic heterocycles. The van der Waals surface area contributed by atoms with Crippen molar-refractivity contribution < 1.29 is 19.4 Å². The Kier molecular flexibility index (Phi) is 2.94. The molecule has 1 N–H and O–H groups in total. The highest BCUT2D eigenvalue weighted by atomic mass is 16.6. The summed E-state index contributed by atoms with van der Waals surface area (Å²) in [5, 5.41) is 11.8. The molecule has 5 rings (SSSR count). The first-order valence-corrected chi connectivity index (χ1v) is 9.16. The molecule has 0 radical (unpaired) electrons. The number of ketones is 1. The third-order valence-electron chi connectivity index (χ3n) is 8.05. The first kappa shape index (κ1) is 14.8. The molecule has 5 unspecified atom stereocenters. The van der Waals surface area contributed by atoms with E-state index in [-0.39, 0.29) is 35.4 Å². The highest BCUT2D eigenvalue weighted by Crippen LogP contribution is 2.69. The number of carbonyl (C=O) groups is 1. The van der Waals surface area contributed by atoms with Crippen molar-refractivity contribution in [3.63, 3.8) is 0 Å². The fourth-order valence-corrected chi connectivity index (χ4v) is 7.17. The zero-order valence-corrected chi connectivity index (χ0v) is 14.0. The maximum Gasteiger partial charge on any atom is 0.162 e. The minimum Gasteiger partial charge on any atom is -0.388 e. The Morgan fingerprint density at radius 3 is 2.96 bits per heavy atom. The van der Waals surface area contributed by atoms with Crippen LogP contribution in [0.5, 0.6) is 0 Å². The van der Waals surface area contributed by atoms with Gasteiger partial charge in [-0.25, -0.2) is 0 Å². The molecule has 3 saturated carbocycles. The molecule has 5 aliphatic rings. The summed E-state index contributed by atoms with van der Waals surface area (Å²) in [5.41, 5.74) is -1.14. The normalized spacial score (nSPS) is 58.1. The molecule has 2 saturated heterocycles. The van der Waals surface area contributed by atoms with Crippen LogP contribution in [0.2, 0.25) is 0 Å². The average molecular weight is 321 g/mol. The van der Waals surface area contributed by atoms with E-state index in [9.17, 15) is 9.90 Å². The molecule has 5 heteroatoms. The molecule has 128 valence electrons. The minimum atomic E-state index is -0.774. The lowest BCUT2D eigenvalue weighted by molar-refractivity contribution is -0.247. The van der Waals surface area contributed by atoms with Gasteiger partial charge in [0.2, 0.25) is 0 Å². The van der Waals surface area contributed by atoms with E-state index in [0.717, 1.165) is 32.2 Å². The minimum absolute atomic E-state index is 0.0123. The van der Waals surface area contributed by atoms with Crippen molar-refractivity contribution in [1.82, 2.24) is 4.90 Å². The smallest absolute Gasteiger partial charge is 0.162 e. The van der Waals surface area contributed by atoms with E-state index in [1.807, 2.05) is 0 Å². The van der Waals surface area contributed by atoms with Crippen LogP contribution in [-0.4, -0.2) is 66.4 Å². The number of aliphatic hydroxyl groups is 1. The monoisotopic (exact) mass is 321 g/mol. The van der Waals surface area contributed by atoms with Crippen LogP contribution in [0.3, 0.4) is 0 Å². The van der Waals surface area contributed by atoms with Gasteiger partial charge in [-0.3, -0.25) is 4.79 Å². The molecule has 2 aliphatic heterocycles. The third-order valence-corrected chi connectivity index (χ3v) is 8.05. The van der Waals surface area contributed by atoms with E-state index < -0.39 is 11.7 Å². The van der Waals surface area contributed by atoms with Crippen LogP contribution in [0, 0.1) is 17.3 Å². The summed E-state index contributed by atoms with van der Waals surface area (Å²) in [6.45, 7) is 0.952. The van der Waals surface area contributed by atoms with E-state index >= 15 is 0 Å². The van der Waals surface area contributed by atoms with Gasteiger partial charge in [0.25, 0.3) is 0 Å². The molecule has 1 spiro atoms. The number of Topliss-reactive ketones (excluding diaryl/α,β-unsaturated/α-hetero) is 1. The Labute approximate surface area is 137 Å². The van der Waals surface area contributed by atoms with Crippen molar-refractivity contribution in [2.45, 2.75) is 68.5 Å². The van der Waals surface area contributed by atoms with Crippen LogP contribution in [0.1, 0.15) is 38.5 Å². The lowest BCUT2D eigenvalue weighted by Crippen LogP contribution is -2.76. The Bertz CT molecular complexity index is 553. The SMILES string of the molecule is COC1CCC2CC3N(C)CC[C@]45C2C1O[C@H]4C(=O)CC[C@@]35O. The van der Waals surface area contributed by atoms with E-state index in [0.29, 0.717) is 18.8 Å². The standard InChI is InChI=1S/C18H27NO4/c1-19-8-7-17-14-10-3-4-12(22-2)15(14)23-16(17)11(20)5-6-18(17,21)13(19)9-10/h10,12-16,21H,3-9H2,1-2H3/t10?,12?,13?,14?,15?,16-,17-,18+/m0/s1. The number of methoxy groups -OCH3 is 1. The summed E-state index contributed by atoms with van der Waals surface area (Å²) in [6.07, 6.45) is 4.76. The van der Waals surface area contributed by atoms with E-state index in [4.69, 9.17) is 9.47 Å². The maximum absolute atomic E-state index is 12.7. The molecule has 0 aromatic carbocycles. The van der Waals surface area contributed by atoms with Gasteiger partial charge in [-0.2, -0.15) is 0 Å². The molecular weight excluding hydrogens is 294 g/mol. The Balaban J connectivity index is 1.69. The topological polar surface area (TPSA) is 59.0 Å². The second-order valence-electron chi connectivity index (χ2n) is 8.53. The molecule has 0 aromatic rings. The fourth-order valence-electron chi connectivity index (χ4n) is 7.17. The zero-order chi connectivity index (χ0) is 16.0. The number of piperidine rings is 1. The molecule has 2 heterocycles. The fraction of sp³-hybridized carbons (Fsp3) is 0.944. The lowest BCUT2D eigenvalue weighted by Gasteiger charge is -2.67. The number of carbonyl (C=O) groups excluding carboxylic acids is 1. The molecule has 2 bridgehead atoms. The van der Waals surface area contributed by atoms with Crippen LogP contribution < -0.4 is 0 Å². The number of likely N-dealkylation sites (tertiary alicyclic amines) is 1. The van der Waals surface area contributed by atoms with E-state index in [2.05, 4.69) is 11.9 Å². The maximum atomic E-state index is 12.7. The van der Waals surface area contributed by atoms with Crippen molar-refractivity contribution in [3.05, 3.63) is 0 Å². The third kappa shape index (κ3) is 1.52. The number of likely N-dealkylation sites (N-methyl/N-ethyl adjacent to an activating group) is 1. The number of hydrogen-bond acceptors (Lipinski definition) is 5. The highest BCUT2D eigenvalue weighted by Gasteiger charge is 2.77. The number of hydrogen-bond donors (Lipinski definition) is 1. The van der Waals surface area contributed by atoms with Gasteiger partial charge in [-0.15, -0.1) is 0 Å². The van der Waals surface area contributed by atoms with Gasteiger partial charge in [0.1, 0.15) is 6.10 Å². The molecule has 8 atom stereocenters. The second-order valence-corrected chi connectivity index (χ2v) is 8.53. The van der Waals surface area contributed by atoms with Crippen LogP contribution >= 0.6 is 0 Å². The Morgan fingerprint density at radius 1 is 1.35 bits per heavy atom. The van der Waals surface area contributed by atoms with Crippen LogP contribution in [0.25, 0.3) is 0 Å². The van der Waals surface area contributed by atoms with Gasteiger partial charge in [0.05, 0.1) is 17.8 Å². The average Bonchev–Trinajstić information content (AvgIpc) is 2.90. The van der Waals surface area contributed by atoms with Crippen LogP contribution in [-0.2, 0) is 14.3 Å². The summed E-state index contributed by atoms with van der Waals surface area (Å²) in [7, 11) is 3.89. The molecular formula is C18H27NO4. The molecule has 5 nitrogen and oxygen atoms in total. The quantitative estimate of drug-likeness (QED) is 0.780. The van der Waals surface area contributed by atoms with Crippen molar-refractivity contribution in [1.29, 1.82) is 0 Å². The molecule has 5 fully saturated rings. The van der Waals surface area contributed by atoms with Gasteiger partial charge in [0, 0.05) is 30.9 Å². The van der Waals surface area contributed by atoms with Gasteiger partial charge in [-0.05, 0) is 51.6 Å². The molecule has 0 amide bonds. The van der Waals surface area contributed by atoms with Crippen molar-refractivity contribution in [2.24, 2.45) is 17.3 Å². The highest BCUT2D eigenvalue weighted by molar-refractivity contribution is 5.86. The van der Waals surface area contributed by atoms with Gasteiger partial charge in [-0.1, -0.05) is 0 Å². The van der Waals surface area contributed by atoms with Gasteiger partial charge < -0.3 is 19.5 Å². The number of rotatable bonds is 1. The summed E-state index contributed by atoms with van der Waals surface area (Å²) in [5.74, 6) is 1.05. The van der Waals surface area contributed by atoms with Crippen molar-refractivity contribution in [2.75, 3.05) is 20.7 Å². The lowest BCUT2D eigenvalue weighted by atomic mass is 9.43. The van der Waals surface area contributed by atoms with E-state index in [1.165, 1.54) is 0 Å². The number of nitrogens with zero attached hydrogens (tertiary/aromatic N) is 1. The first-order chi connectivity index (χ1) is 11.0. The van der Waals surface area contributed by atoms with Crippen LogP contribution in [0.4, 0.5) is 0 Å². The number of ether oxygens (including phenoxy) is 2.